The summed E-state index contributed by atoms with van der Waals surface area (Å²) < 4.78 is 33.0. The smallest absolute Gasteiger partial charge is 0.147 e. The first kappa shape index (κ1) is 26.1. The van der Waals surface area contributed by atoms with E-state index in [0.29, 0.717) is 39.8 Å². The summed E-state index contributed by atoms with van der Waals surface area (Å²) >= 11 is 0. The molecule has 0 aliphatic carbocycles. The fourth-order valence-corrected chi connectivity index (χ4v) is 2.85. The molecule has 0 aromatic heterocycles. The van der Waals surface area contributed by atoms with Crippen LogP contribution in [-0.2, 0) is 25.6 Å². The molecule has 0 amide bonds. The lowest BCUT2D eigenvalue weighted by molar-refractivity contribution is -0.0626. The molecule has 6 heteroatoms. The van der Waals surface area contributed by atoms with Gasteiger partial charge in [0.25, 0.3) is 0 Å². The summed E-state index contributed by atoms with van der Waals surface area (Å²) in [5, 5.41) is 0. The van der Waals surface area contributed by atoms with Gasteiger partial charge in [0, 0.05) is 40.0 Å². The third-order valence-corrected chi connectivity index (χ3v) is 4.67. The summed E-state index contributed by atoms with van der Waals surface area (Å²) in [7, 11) is 1.70. The van der Waals surface area contributed by atoms with Crippen molar-refractivity contribution in [1.82, 2.24) is 0 Å². The molecule has 6 nitrogen and oxygen atoms in total. The molecule has 0 aliphatic heterocycles. The van der Waals surface area contributed by atoms with E-state index >= 15 is 0 Å². The van der Waals surface area contributed by atoms with Gasteiger partial charge in [-0.05, 0) is 56.0 Å². The Morgan fingerprint density at radius 1 is 0.562 bits per heavy atom. The average molecular weight is 447 g/mol. The molecule has 0 radical (unpaired) electrons. The fourth-order valence-electron chi connectivity index (χ4n) is 2.85. The van der Waals surface area contributed by atoms with Gasteiger partial charge in [0.1, 0.15) is 18.3 Å². The summed E-state index contributed by atoms with van der Waals surface area (Å²) in [6.45, 7) is 7.06. The van der Waals surface area contributed by atoms with Crippen LogP contribution in [0.5, 0.6) is 11.5 Å². The van der Waals surface area contributed by atoms with Crippen molar-refractivity contribution in [3.63, 3.8) is 0 Å². The van der Waals surface area contributed by atoms with E-state index in [-0.39, 0.29) is 0 Å². The van der Waals surface area contributed by atoms with E-state index in [1.165, 1.54) is 5.56 Å². The van der Waals surface area contributed by atoms with Crippen molar-refractivity contribution in [3.05, 3.63) is 59.7 Å². The van der Waals surface area contributed by atoms with Gasteiger partial charge in [-0.1, -0.05) is 29.8 Å². The Morgan fingerprint density at radius 3 is 1.81 bits per heavy atom. The molecule has 0 unspecified atom stereocenters. The molecule has 2 aromatic rings. The summed E-state index contributed by atoms with van der Waals surface area (Å²) in [6, 6.07) is 16.1. The molecule has 2 rings (SSSR count). The van der Waals surface area contributed by atoms with Crippen LogP contribution >= 0.6 is 0 Å². The molecular formula is C26H38O6. The highest BCUT2D eigenvalue weighted by Gasteiger charge is 1.98. The second-order valence-electron chi connectivity index (χ2n) is 7.55. The van der Waals surface area contributed by atoms with Crippen molar-refractivity contribution in [1.29, 1.82) is 0 Å². The quantitative estimate of drug-likeness (QED) is 0.219. The van der Waals surface area contributed by atoms with Gasteiger partial charge in [0.05, 0.1) is 19.8 Å². The summed E-state index contributed by atoms with van der Waals surface area (Å²) in [6.07, 6.45) is 3.69. The van der Waals surface area contributed by atoms with Crippen LogP contribution in [0.1, 0.15) is 36.8 Å². The first-order valence-electron chi connectivity index (χ1n) is 11.4. The average Bonchev–Trinajstić information content (AvgIpc) is 2.82. The molecule has 0 fully saturated rings. The molecule has 0 saturated heterocycles. The standard InChI is InChI=1S/C26H38O6/c1-23-7-11-25(12-8-23)31-19-4-3-16-29-22-30-21-24-9-13-26(14-10-24)32-20-6-18-28-17-5-15-27-2/h7-14H,3-6,15-22H2,1-2H3. The lowest BCUT2D eigenvalue weighted by Gasteiger charge is -2.09. The second kappa shape index (κ2) is 17.4. The number of benzene rings is 2. The number of rotatable bonds is 19. The third-order valence-electron chi connectivity index (χ3n) is 4.67. The fraction of sp³-hybridized carbons (Fsp3) is 0.538. The third kappa shape index (κ3) is 12.7. The highest BCUT2D eigenvalue weighted by atomic mass is 16.7. The lowest BCUT2D eigenvalue weighted by atomic mass is 10.2. The van der Waals surface area contributed by atoms with Crippen molar-refractivity contribution < 1.29 is 28.4 Å². The Hall–Kier alpha value is -2.12. The van der Waals surface area contributed by atoms with Crippen LogP contribution in [0.3, 0.4) is 0 Å². The van der Waals surface area contributed by atoms with Crippen LogP contribution < -0.4 is 9.47 Å². The Balaban J connectivity index is 1.40. The van der Waals surface area contributed by atoms with Gasteiger partial charge in [-0.25, -0.2) is 0 Å². The summed E-state index contributed by atoms with van der Waals surface area (Å²) in [5.74, 6) is 1.77. The maximum atomic E-state index is 5.73. The highest BCUT2D eigenvalue weighted by molar-refractivity contribution is 5.27. The predicted octanol–water partition coefficient (Wildman–Crippen LogP) is 5.17. The SMILES string of the molecule is COCCCOCCCOc1ccc(COCOCCCCOc2ccc(C)cc2)cc1. The number of unbranched alkanes of at least 4 members (excludes halogenated alkanes) is 1. The largest absolute Gasteiger partial charge is 0.494 e. The van der Waals surface area contributed by atoms with Gasteiger partial charge in [-0.15, -0.1) is 0 Å². The molecule has 0 N–H and O–H groups in total. The van der Waals surface area contributed by atoms with Gasteiger partial charge < -0.3 is 28.4 Å². The number of ether oxygens (including phenoxy) is 6. The number of aryl methyl sites for hydroxylation is 1. The number of hydrogen-bond donors (Lipinski definition) is 0. The topological polar surface area (TPSA) is 55.4 Å². The Labute approximate surface area is 192 Å². The van der Waals surface area contributed by atoms with Crippen molar-refractivity contribution in [2.75, 3.05) is 53.5 Å². The Bertz CT molecular complexity index is 686. The monoisotopic (exact) mass is 446 g/mol. The summed E-state index contributed by atoms with van der Waals surface area (Å²) in [5.41, 5.74) is 2.33. The van der Waals surface area contributed by atoms with Crippen LogP contribution in [0.15, 0.2) is 48.5 Å². The number of hydrogen-bond acceptors (Lipinski definition) is 6. The molecule has 0 aliphatic rings. The molecule has 0 spiro atoms. The highest BCUT2D eigenvalue weighted by Crippen LogP contribution is 2.14. The van der Waals surface area contributed by atoms with E-state index < -0.39 is 0 Å². The molecule has 32 heavy (non-hydrogen) atoms. The zero-order valence-corrected chi connectivity index (χ0v) is 19.6. The molecular weight excluding hydrogens is 408 g/mol. The van der Waals surface area contributed by atoms with Gasteiger partial charge in [0.2, 0.25) is 0 Å². The van der Waals surface area contributed by atoms with Gasteiger partial charge in [-0.2, -0.15) is 0 Å². The zero-order valence-electron chi connectivity index (χ0n) is 19.6. The van der Waals surface area contributed by atoms with Gasteiger partial charge in [-0.3, -0.25) is 0 Å². The van der Waals surface area contributed by atoms with Crippen LogP contribution in [0.25, 0.3) is 0 Å². The minimum absolute atomic E-state index is 0.293. The molecule has 0 atom stereocenters. The van der Waals surface area contributed by atoms with Crippen molar-refractivity contribution in [2.45, 2.75) is 39.2 Å². The molecule has 2 aromatic carbocycles. The predicted molar refractivity (Wildman–Crippen MR) is 125 cm³/mol. The second-order valence-corrected chi connectivity index (χ2v) is 7.55. The van der Waals surface area contributed by atoms with Gasteiger partial charge in [0.15, 0.2) is 0 Å². The van der Waals surface area contributed by atoms with E-state index in [4.69, 9.17) is 28.4 Å². The van der Waals surface area contributed by atoms with E-state index in [9.17, 15) is 0 Å². The van der Waals surface area contributed by atoms with E-state index in [1.807, 2.05) is 36.4 Å². The Kier molecular flexibility index (Phi) is 14.2. The first-order chi connectivity index (χ1) is 15.8. The maximum absolute atomic E-state index is 5.73. The van der Waals surface area contributed by atoms with E-state index in [2.05, 4.69) is 19.1 Å². The van der Waals surface area contributed by atoms with E-state index in [0.717, 1.165) is 56.0 Å². The maximum Gasteiger partial charge on any atom is 0.147 e. The molecule has 0 bridgehead atoms. The van der Waals surface area contributed by atoms with Crippen molar-refractivity contribution >= 4 is 0 Å². The Morgan fingerprint density at radius 2 is 1.12 bits per heavy atom. The van der Waals surface area contributed by atoms with Crippen LogP contribution in [0.4, 0.5) is 0 Å². The molecule has 178 valence electrons. The van der Waals surface area contributed by atoms with Gasteiger partial charge >= 0.3 is 0 Å². The van der Waals surface area contributed by atoms with Crippen LogP contribution in [-0.4, -0.2) is 53.5 Å². The van der Waals surface area contributed by atoms with Crippen molar-refractivity contribution in [2.24, 2.45) is 0 Å². The minimum Gasteiger partial charge on any atom is -0.494 e. The minimum atomic E-state index is 0.293. The van der Waals surface area contributed by atoms with Crippen LogP contribution in [0, 0.1) is 6.92 Å². The van der Waals surface area contributed by atoms with Crippen LogP contribution in [0.2, 0.25) is 0 Å². The lowest BCUT2D eigenvalue weighted by Crippen LogP contribution is -2.05. The first-order valence-corrected chi connectivity index (χ1v) is 11.4. The van der Waals surface area contributed by atoms with Crippen molar-refractivity contribution in [3.8, 4) is 11.5 Å². The summed E-state index contributed by atoms with van der Waals surface area (Å²) in [4.78, 5) is 0. The normalized spacial score (nSPS) is 10.9. The zero-order chi connectivity index (χ0) is 22.7. The number of methoxy groups -OCH3 is 1. The van der Waals surface area contributed by atoms with E-state index in [1.54, 1.807) is 7.11 Å². The molecule has 0 heterocycles. The molecule has 0 saturated carbocycles.